The molecule has 1 atom stereocenters. The van der Waals surface area contributed by atoms with Gasteiger partial charge in [-0.2, -0.15) is 0 Å². The summed E-state index contributed by atoms with van der Waals surface area (Å²) in [6.45, 7) is 5.49. The van der Waals surface area contributed by atoms with Crippen LogP contribution in [0, 0.1) is 12.3 Å². The van der Waals surface area contributed by atoms with Crippen molar-refractivity contribution in [3.05, 3.63) is 0 Å². The molecule has 1 heteroatoms. The summed E-state index contributed by atoms with van der Waals surface area (Å²) in [5.74, 6) is 2.72. The number of nitrogens with one attached hydrogen (secondary N) is 1. The molecular weight excluding hydrogens is 146 g/mol. The van der Waals surface area contributed by atoms with Gasteiger partial charge in [0, 0.05) is 12.5 Å². The lowest BCUT2D eigenvalue weighted by Crippen LogP contribution is -2.29. The van der Waals surface area contributed by atoms with Crippen molar-refractivity contribution in [3.8, 4) is 12.3 Å². The van der Waals surface area contributed by atoms with Crippen LogP contribution in [-0.2, 0) is 0 Å². The van der Waals surface area contributed by atoms with Crippen molar-refractivity contribution in [2.75, 3.05) is 6.54 Å². The lowest BCUT2D eigenvalue weighted by atomic mass is 10.1. The van der Waals surface area contributed by atoms with E-state index < -0.39 is 0 Å². The molecule has 0 rings (SSSR count). The van der Waals surface area contributed by atoms with E-state index in [0.29, 0.717) is 6.04 Å². The summed E-state index contributed by atoms with van der Waals surface area (Å²) in [4.78, 5) is 0. The first-order valence-electron chi connectivity index (χ1n) is 5.02. The van der Waals surface area contributed by atoms with E-state index >= 15 is 0 Å². The minimum atomic E-state index is 0.551. The summed E-state index contributed by atoms with van der Waals surface area (Å²) in [7, 11) is 0. The molecule has 0 aliphatic heterocycles. The highest BCUT2D eigenvalue weighted by molar-refractivity contribution is 4.89. The van der Waals surface area contributed by atoms with Gasteiger partial charge in [0.05, 0.1) is 0 Å². The Bertz CT molecular complexity index is 115. The van der Waals surface area contributed by atoms with Crippen LogP contribution in [0.25, 0.3) is 0 Å². The molecule has 0 aromatic carbocycles. The summed E-state index contributed by atoms with van der Waals surface area (Å²) < 4.78 is 0. The highest BCUT2D eigenvalue weighted by Crippen LogP contribution is 2.03. The third kappa shape index (κ3) is 6.24. The van der Waals surface area contributed by atoms with Gasteiger partial charge in [0.25, 0.3) is 0 Å². The van der Waals surface area contributed by atoms with E-state index in [1.807, 2.05) is 0 Å². The molecule has 12 heavy (non-hydrogen) atoms. The SMILES string of the molecule is C#CCC(CCCC)NCCC. The summed E-state index contributed by atoms with van der Waals surface area (Å²) in [6, 6.07) is 0.551. The van der Waals surface area contributed by atoms with Gasteiger partial charge in [0.1, 0.15) is 0 Å². The molecule has 0 heterocycles. The summed E-state index contributed by atoms with van der Waals surface area (Å²) >= 11 is 0. The summed E-state index contributed by atoms with van der Waals surface area (Å²) in [5, 5.41) is 3.46. The molecule has 0 aromatic rings. The quantitative estimate of drug-likeness (QED) is 0.575. The van der Waals surface area contributed by atoms with Crippen LogP contribution in [0.2, 0.25) is 0 Å². The molecule has 0 saturated carbocycles. The van der Waals surface area contributed by atoms with Crippen LogP contribution in [0.3, 0.4) is 0 Å². The van der Waals surface area contributed by atoms with Crippen molar-refractivity contribution in [1.29, 1.82) is 0 Å². The minimum absolute atomic E-state index is 0.551. The lowest BCUT2D eigenvalue weighted by Gasteiger charge is -2.14. The van der Waals surface area contributed by atoms with Crippen LogP contribution in [0.5, 0.6) is 0 Å². The van der Waals surface area contributed by atoms with Crippen LogP contribution in [0.4, 0.5) is 0 Å². The Kier molecular flexibility index (Phi) is 8.27. The molecule has 1 nitrogen and oxygen atoms in total. The van der Waals surface area contributed by atoms with Gasteiger partial charge in [-0.3, -0.25) is 0 Å². The summed E-state index contributed by atoms with van der Waals surface area (Å²) in [5.41, 5.74) is 0. The zero-order valence-electron chi connectivity index (χ0n) is 8.40. The molecule has 0 amide bonds. The first kappa shape index (κ1) is 11.5. The van der Waals surface area contributed by atoms with Gasteiger partial charge in [-0.25, -0.2) is 0 Å². The third-order valence-corrected chi connectivity index (χ3v) is 1.95. The molecule has 1 N–H and O–H groups in total. The maximum absolute atomic E-state index is 5.28. The first-order chi connectivity index (χ1) is 5.85. The monoisotopic (exact) mass is 167 g/mol. The van der Waals surface area contributed by atoms with E-state index in [1.54, 1.807) is 0 Å². The highest BCUT2D eigenvalue weighted by Gasteiger charge is 2.03. The first-order valence-corrected chi connectivity index (χ1v) is 5.02. The van der Waals surface area contributed by atoms with E-state index in [1.165, 1.54) is 25.7 Å². The van der Waals surface area contributed by atoms with Gasteiger partial charge >= 0.3 is 0 Å². The van der Waals surface area contributed by atoms with Crippen molar-refractivity contribution in [3.63, 3.8) is 0 Å². The molecule has 0 aliphatic rings. The van der Waals surface area contributed by atoms with Crippen LogP contribution in [-0.4, -0.2) is 12.6 Å². The van der Waals surface area contributed by atoms with E-state index in [9.17, 15) is 0 Å². The van der Waals surface area contributed by atoms with Crippen LogP contribution in [0.1, 0.15) is 46.0 Å². The number of unbranched alkanes of at least 4 members (excludes halogenated alkanes) is 1. The maximum Gasteiger partial charge on any atom is 0.0240 e. The molecule has 0 bridgehead atoms. The molecule has 0 fully saturated rings. The second-order valence-electron chi connectivity index (χ2n) is 3.20. The maximum atomic E-state index is 5.28. The van der Waals surface area contributed by atoms with Gasteiger partial charge in [0.15, 0.2) is 0 Å². The Morgan fingerprint density at radius 3 is 2.58 bits per heavy atom. The van der Waals surface area contributed by atoms with E-state index in [0.717, 1.165) is 13.0 Å². The van der Waals surface area contributed by atoms with Crippen molar-refractivity contribution in [2.24, 2.45) is 0 Å². The third-order valence-electron chi connectivity index (χ3n) is 1.95. The Balaban J connectivity index is 3.48. The fourth-order valence-corrected chi connectivity index (χ4v) is 1.22. The van der Waals surface area contributed by atoms with Crippen molar-refractivity contribution >= 4 is 0 Å². The Labute approximate surface area is 76.9 Å². The van der Waals surface area contributed by atoms with Crippen LogP contribution >= 0.6 is 0 Å². The van der Waals surface area contributed by atoms with E-state index in [2.05, 4.69) is 25.1 Å². The van der Waals surface area contributed by atoms with Gasteiger partial charge in [0.2, 0.25) is 0 Å². The van der Waals surface area contributed by atoms with E-state index in [4.69, 9.17) is 6.42 Å². The molecule has 0 spiro atoms. The molecule has 0 aliphatic carbocycles. The molecule has 0 saturated heterocycles. The number of hydrogen-bond donors (Lipinski definition) is 1. The topological polar surface area (TPSA) is 12.0 Å². The fourth-order valence-electron chi connectivity index (χ4n) is 1.22. The smallest absolute Gasteiger partial charge is 0.0240 e. The standard InChI is InChI=1S/C11H21N/c1-4-7-9-11(8-5-2)12-10-6-3/h2,11-12H,4,6-10H2,1,3H3. The predicted molar refractivity (Wildman–Crippen MR) is 55.1 cm³/mol. The predicted octanol–water partition coefficient (Wildman–Crippen LogP) is 2.57. The van der Waals surface area contributed by atoms with Gasteiger partial charge in [-0.1, -0.05) is 26.7 Å². The molecule has 70 valence electrons. The molecule has 1 unspecified atom stereocenters. The lowest BCUT2D eigenvalue weighted by molar-refractivity contribution is 0.472. The number of terminal acetylenes is 1. The highest BCUT2D eigenvalue weighted by atomic mass is 14.9. The van der Waals surface area contributed by atoms with Gasteiger partial charge in [-0.05, 0) is 19.4 Å². The average molecular weight is 167 g/mol. The Morgan fingerprint density at radius 1 is 1.33 bits per heavy atom. The minimum Gasteiger partial charge on any atom is -0.313 e. The Hall–Kier alpha value is -0.480. The van der Waals surface area contributed by atoms with E-state index in [-0.39, 0.29) is 0 Å². The molecule has 0 aromatic heterocycles. The van der Waals surface area contributed by atoms with Crippen molar-refractivity contribution in [1.82, 2.24) is 5.32 Å². The van der Waals surface area contributed by atoms with Crippen molar-refractivity contribution in [2.45, 2.75) is 52.0 Å². The second kappa shape index (κ2) is 8.62. The average Bonchev–Trinajstić information content (AvgIpc) is 2.10. The number of rotatable bonds is 7. The number of hydrogen-bond acceptors (Lipinski definition) is 1. The van der Waals surface area contributed by atoms with Gasteiger partial charge < -0.3 is 5.32 Å². The molecule has 0 radical (unpaired) electrons. The Morgan fingerprint density at radius 2 is 2.08 bits per heavy atom. The fraction of sp³-hybridized carbons (Fsp3) is 0.818. The zero-order valence-corrected chi connectivity index (χ0v) is 8.40. The van der Waals surface area contributed by atoms with Crippen LogP contribution < -0.4 is 5.32 Å². The molecular formula is C11H21N. The van der Waals surface area contributed by atoms with Crippen molar-refractivity contribution < 1.29 is 0 Å². The second-order valence-corrected chi connectivity index (χ2v) is 3.20. The normalized spacial score (nSPS) is 12.4. The van der Waals surface area contributed by atoms with Gasteiger partial charge in [-0.15, -0.1) is 12.3 Å². The van der Waals surface area contributed by atoms with Crippen LogP contribution in [0.15, 0.2) is 0 Å². The summed E-state index contributed by atoms with van der Waals surface area (Å²) in [6.07, 6.45) is 11.1. The zero-order chi connectivity index (χ0) is 9.23. The largest absolute Gasteiger partial charge is 0.313 e.